The number of hydrogen-bond donors (Lipinski definition) is 1. The molecule has 1 rings (SSSR count). The Morgan fingerprint density at radius 3 is 2.72 bits per heavy atom. The first kappa shape index (κ1) is 16.0. The van der Waals surface area contributed by atoms with Gasteiger partial charge in [0.2, 0.25) is 0 Å². The Bertz CT molecular complexity index is 369. The van der Waals surface area contributed by atoms with Gasteiger partial charge in [0.25, 0.3) is 0 Å². The summed E-state index contributed by atoms with van der Waals surface area (Å²) in [6, 6.07) is 6.70. The van der Waals surface area contributed by atoms with Crippen molar-refractivity contribution in [3.8, 4) is 0 Å². The number of nitrogens with one attached hydrogen (secondary N) is 1. The number of benzene rings is 1. The lowest BCUT2D eigenvalue weighted by molar-refractivity contribution is 0.269. The molecule has 0 aromatic heterocycles. The van der Waals surface area contributed by atoms with Gasteiger partial charge in [-0.2, -0.15) is 0 Å². The second-order valence-electron chi connectivity index (χ2n) is 4.85. The largest absolute Gasteiger partial charge is 0.313 e. The second-order valence-corrected chi connectivity index (χ2v) is 6.11. The lowest BCUT2D eigenvalue weighted by Crippen LogP contribution is -2.29. The highest BCUT2D eigenvalue weighted by atomic mass is 79.9. The molecule has 0 saturated heterocycles. The van der Waals surface area contributed by atoms with Crippen molar-refractivity contribution < 1.29 is 0 Å². The fourth-order valence-electron chi connectivity index (χ4n) is 1.59. The van der Waals surface area contributed by atoms with Crippen LogP contribution < -0.4 is 5.32 Å². The molecule has 0 atom stereocenters. The molecule has 0 aliphatic rings. The van der Waals surface area contributed by atoms with Crippen molar-refractivity contribution in [1.29, 1.82) is 0 Å². The Morgan fingerprint density at radius 2 is 2.11 bits per heavy atom. The van der Waals surface area contributed by atoms with E-state index in [1.165, 1.54) is 12.0 Å². The average molecular weight is 334 g/mol. The van der Waals surface area contributed by atoms with Crippen molar-refractivity contribution in [3.63, 3.8) is 0 Å². The Hall–Kier alpha value is -0.0900. The van der Waals surface area contributed by atoms with E-state index < -0.39 is 0 Å². The van der Waals surface area contributed by atoms with E-state index in [1.54, 1.807) is 0 Å². The van der Waals surface area contributed by atoms with Gasteiger partial charge < -0.3 is 10.2 Å². The minimum atomic E-state index is 0.621. The molecule has 4 heteroatoms. The minimum Gasteiger partial charge on any atom is -0.313 e. The molecule has 0 amide bonds. The quantitative estimate of drug-likeness (QED) is 0.761. The summed E-state index contributed by atoms with van der Waals surface area (Å²) >= 11 is 9.44. The van der Waals surface area contributed by atoms with E-state index in [4.69, 9.17) is 11.6 Å². The highest BCUT2D eigenvalue weighted by molar-refractivity contribution is 9.10. The molecule has 0 aliphatic heterocycles. The van der Waals surface area contributed by atoms with Crippen LogP contribution in [0.15, 0.2) is 22.7 Å². The number of nitrogens with zero attached hydrogens (tertiary/aromatic N) is 1. The van der Waals surface area contributed by atoms with Gasteiger partial charge in [0, 0.05) is 17.1 Å². The van der Waals surface area contributed by atoms with E-state index in [2.05, 4.69) is 53.1 Å². The Labute approximate surface area is 124 Å². The third-order valence-electron chi connectivity index (χ3n) is 3.06. The third kappa shape index (κ3) is 5.70. The van der Waals surface area contributed by atoms with Crippen LogP contribution in [0.2, 0.25) is 5.02 Å². The van der Waals surface area contributed by atoms with Crippen LogP contribution in [0.4, 0.5) is 0 Å². The van der Waals surface area contributed by atoms with Gasteiger partial charge >= 0.3 is 0 Å². The first-order valence-corrected chi connectivity index (χ1v) is 7.52. The van der Waals surface area contributed by atoms with Gasteiger partial charge in [-0.15, -0.1) is 0 Å². The predicted molar refractivity (Wildman–Crippen MR) is 83.2 cm³/mol. The zero-order chi connectivity index (χ0) is 13.5. The van der Waals surface area contributed by atoms with Crippen molar-refractivity contribution in [2.75, 3.05) is 20.1 Å². The molecule has 0 radical (unpaired) electrons. The normalized spacial score (nSPS) is 11.5. The number of rotatable bonds is 7. The highest BCUT2D eigenvalue weighted by Crippen LogP contribution is 2.22. The molecule has 2 nitrogen and oxygen atoms in total. The van der Waals surface area contributed by atoms with Gasteiger partial charge in [-0.3, -0.25) is 0 Å². The Morgan fingerprint density at radius 1 is 1.39 bits per heavy atom. The maximum absolute atomic E-state index is 6.05. The molecular formula is C14H22BrClN2. The van der Waals surface area contributed by atoms with E-state index in [1.807, 2.05) is 12.1 Å². The lowest BCUT2D eigenvalue weighted by Gasteiger charge is -2.20. The molecule has 0 unspecified atom stereocenters. The number of halogens is 2. The summed E-state index contributed by atoms with van der Waals surface area (Å²) in [5.41, 5.74) is 1.22. The molecule has 102 valence electrons. The molecule has 18 heavy (non-hydrogen) atoms. The summed E-state index contributed by atoms with van der Waals surface area (Å²) in [5, 5.41) is 4.21. The lowest BCUT2D eigenvalue weighted by atomic mass is 10.2. The van der Waals surface area contributed by atoms with Crippen LogP contribution in [0.1, 0.15) is 25.8 Å². The van der Waals surface area contributed by atoms with Gasteiger partial charge in [0.1, 0.15) is 0 Å². The maximum atomic E-state index is 6.05. The summed E-state index contributed by atoms with van der Waals surface area (Å²) < 4.78 is 0.950. The summed E-state index contributed by atoms with van der Waals surface area (Å²) in [6.07, 6.45) is 1.17. The maximum Gasteiger partial charge on any atom is 0.0551 e. The molecule has 0 spiro atoms. The van der Waals surface area contributed by atoms with Crippen LogP contribution in [-0.4, -0.2) is 31.1 Å². The zero-order valence-corrected chi connectivity index (χ0v) is 13.7. The monoisotopic (exact) mass is 332 g/mol. The van der Waals surface area contributed by atoms with Gasteiger partial charge in [-0.05, 0) is 74.0 Å². The Kier molecular flexibility index (Phi) is 7.23. The molecule has 1 aromatic carbocycles. The minimum absolute atomic E-state index is 0.621. The average Bonchev–Trinajstić information content (AvgIpc) is 2.32. The zero-order valence-electron chi connectivity index (χ0n) is 11.3. The standard InChI is InChI=1S/C14H22BrClN2/c1-11(2)18(3)8-4-7-17-10-12-5-6-13(15)14(16)9-12/h5-6,9,11,17H,4,7-8,10H2,1-3H3. The van der Waals surface area contributed by atoms with E-state index in [0.717, 1.165) is 29.1 Å². The van der Waals surface area contributed by atoms with Crippen LogP contribution in [0, 0.1) is 0 Å². The molecule has 0 aliphatic carbocycles. The SMILES string of the molecule is CC(C)N(C)CCCNCc1ccc(Br)c(Cl)c1. The van der Waals surface area contributed by atoms with Crippen LogP contribution >= 0.6 is 27.5 Å². The van der Waals surface area contributed by atoms with Crippen LogP contribution in [0.5, 0.6) is 0 Å². The second kappa shape index (κ2) is 8.16. The highest BCUT2D eigenvalue weighted by Gasteiger charge is 2.02. The molecule has 0 bridgehead atoms. The summed E-state index contributed by atoms with van der Waals surface area (Å²) in [4.78, 5) is 2.36. The van der Waals surface area contributed by atoms with Crippen molar-refractivity contribution in [2.45, 2.75) is 32.9 Å². The van der Waals surface area contributed by atoms with Gasteiger partial charge in [-0.25, -0.2) is 0 Å². The fraction of sp³-hybridized carbons (Fsp3) is 0.571. The topological polar surface area (TPSA) is 15.3 Å². The predicted octanol–water partition coefficient (Wildman–Crippen LogP) is 3.92. The fourth-order valence-corrected chi connectivity index (χ4v) is 2.04. The van der Waals surface area contributed by atoms with Gasteiger partial charge in [-0.1, -0.05) is 17.7 Å². The molecule has 0 saturated carbocycles. The van der Waals surface area contributed by atoms with Crippen molar-refractivity contribution in [1.82, 2.24) is 10.2 Å². The van der Waals surface area contributed by atoms with E-state index in [9.17, 15) is 0 Å². The van der Waals surface area contributed by atoms with Gasteiger partial charge in [0.05, 0.1) is 5.02 Å². The van der Waals surface area contributed by atoms with E-state index in [0.29, 0.717) is 6.04 Å². The molecule has 0 heterocycles. The van der Waals surface area contributed by atoms with Crippen molar-refractivity contribution in [3.05, 3.63) is 33.3 Å². The summed E-state index contributed by atoms with van der Waals surface area (Å²) in [5.74, 6) is 0. The van der Waals surface area contributed by atoms with Crippen LogP contribution in [-0.2, 0) is 6.54 Å². The Balaban J connectivity index is 2.20. The molecule has 1 aromatic rings. The first-order valence-electron chi connectivity index (χ1n) is 6.35. The van der Waals surface area contributed by atoms with E-state index in [-0.39, 0.29) is 0 Å². The van der Waals surface area contributed by atoms with Gasteiger partial charge in [0.15, 0.2) is 0 Å². The number of hydrogen-bond acceptors (Lipinski definition) is 2. The summed E-state index contributed by atoms with van der Waals surface area (Å²) in [6.45, 7) is 7.48. The smallest absolute Gasteiger partial charge is 0.0551 e. The molecule has 0 fully saturated rings. The van der Waals surface area contributed by atoms with Crippen LogP contribution in [0.3, 0.4) is 0 Å². The van der Waals surface area contributed by atoms with Crippen molar-refractivity contribution >= 4 is 27.5 Å². The van der Waals surface area contributed by atoms with Crippen molar-refractivity contribution in [2.24, 2.45) is 0 Å². The first-order chi connectivity index (χ1) is 8.50. The molecule has 1 N–H and O–H groups in total. The summed E-state index contributed by atoms with van der Waals surface area (Å²) in [7, 11) is 2.17. The third-order valence-corrected chi connectivity index (χ3v) is 4.29. The molecular weight excluding hydrogens is 312 g/mol. The van der Waals surface area contributed by atoms with Crippen LogP contribution in [0.25, 0.3) is 0 Å². The van der Waals surface area contributed by atoms with E-state index >= 15 is 0 Å².